The predicted octanol–water partition coefficient (Wildman–Crippen LogP) is 3.81. The van der Waals surface area contributed by atoms with E-state index in [9.17, 15) is 9.59 Å². The molecule has 0 unspecified atom stereocenters. The van der Waals surface area contributed by atoms with Crippen molar-refractivity contribution in [2.45, 2.75) is 45.3 Å². The largest absolute Gasteiger partial charge is 0.486 e. The zero-order valence-electron chi connectivity index (χ0n) is 16.3. The SMILES string of the molecule is Cc1nc(COc2ccc(Cl)cc2)sc1C(=O)NC1CCN(C(=O)C2CC2)CC1. The summed E-state index contributed by atoms with van der Waals surface area (Å²) in [6.45, 7) is 3.60. The van der Waals surface area contributed by atoms with Crippen molar-refractivity contribution in [2.75, 3.05) is 13.1 Å². The molecule has 1 aromatic carbocycles. The van der Waals surface area contributed by atoms with E-state index in [2.05, 4.69) is 10.3 Å². The van der Waals surface area contributed by atoms with E-state index in [1.165, 1.54) is 11.3 Å². The van der Waals surface area contributed by atoms with Crippen LogP contribution in [0.25, 0.3) is 0 Å². The smallest absolute Gasteiger partial charge is 0.263 e. The lowest BCUT2D eigenvalue weighted by Crippen LogP contribution is -2.47. The minimum atomic E-state index is -0.0929. The van der Waals surface area contributed by atoms with Crippen molar-refractivity contribution in [3.63, 3.8) is 0 Å². The second kappa shape index (κ2) is 8.71. The second-order valence-corrected chi connectivity index (χ2v) is 9.13. The Hall–Kier alpha value is -2.12. The van der Waals surface area contributed by atoms with Crippen LogP contribution in [0.1, 0.15) is 46.1 Å². The first-order chi connectivity index (χ1) is 14.0. The fraction of sp³-hybridized carbons (Fsp3) is 0.476. The number of thiazole rings is 1. The van der Waals surface area contributed by atoms with Crippen molar-refractivity contribution in [1.29, 1.82) is 0 Å². The van der Waals surface area contributed by atoms with Gasteiger partial charge in [-0.15, -0.1) is 11.3 Å². The Morgan fingerprint density at radius 3 is 2.55 bits per heavy atom. The van der Waals surface area contributed by atoms with Crippen LogP contribution in [0.5, 0.6) is 5.75 Å². The van der Waals surface area contributed by atoms with Crippen molar-refractivity contribution in [2.24, 2.45) is 5.92 Å². The van der Waals surface area contributed by atoms with Gasteiger partial charge in [0.2, 0.25) is 5.91 Å². The summed E-state index contributed by atoms with van der Waals surface area (Å²) in [6.07, 6.45) is 3.66. The van der Waals surface area contributed by atoms with E-state index in [0.29, 0.717) is 33.9 Å². The lowest BCUT2D eigenvalue weighted by molar-refractivity contribution is -0.133. The molecule has 1 N–H and O–H groups in total. The molecular formula is C21H24ClN3O3S. The number of benzene rings is 1. The number of carbonyl (C=O) groups excluding carboxylic acids is 2. The number of halogens is 1. The van der Waals surface area contributed by atoms with Crippen LogP contribution in [0, 0.1) is 12.8 Å². The maximum atomic E-state index is 12.7. The van der Waals surface area contributed by atoms with Gasteiger partial charge in [0.1, 0.15) is 22.2 Å². The van der Waals surface area contributed by atoms with Crippen molar-refractivity contribution >= 4 is 34.8 Å². The predicted molar refractivity (Wildman–Crippen MR) is 112 cm³/mol. The lowest BCUT2D eigenvalue weighted by Gasteiger charge is -2.32. The zero-order valence-corrected chi connectivity index (χ0v) is 17.9. The highest BCUT2D eigenvalue weighted by Gasteiger charge is 2.35. The Balaban J connectivity index is 1.28. The molecule has 0 atom stereocenters. The van der Waals surface area contributed by atoms with Gasteiger partial charge in [-0.05, 0) is 56.9 Å². The molecule has 154 valence electrons. The maximum absolute atomic E-state index is 12.7. The summed E-state index contributed by atoms with van der Waals surface area (Å²) in [5.41, 5.74) is 0.712. The summed E-state index contributed by atoms with van der Waals surface area (Å²) in [6, 6.07) is 7.24. The summed E-state index contributed by atoms with van der Waals surface area (Å²) in [4.78, 5) is 31.9. The van der Waals surface area contributed by atoms with Gasteiger partial charge in [-0.1, -0.05) is 11.6 Å². The average Bonchev–Trinajstić information content (AvgIpc) is 3.50. The third-order valence-electron chi connectivity index (χ3n) is 5.29. The van der Waals surface area contributed by atoms with Gasteiger partial charge in [0, 0.05) is 30.1 Å². The molecule has 8 heteroatoms. The molecule has 0 spiro atoms. The quantitative estimate of drug-likeness (QED) is 0.751. The van der Waals surface area contributed by atoms with Crippen molar-refractivity contribution < 1.29 is 14.3 Å². The molecule has 2 amide bonds. The van der Waals surface area contributed by atoms with E-state index in [1.807, 2.05) is 11.8 Å². The highest BCUT2D eigenvalue weighted by atomic mass is 35.5. The molecular weight excluding hydrogens is 410 g/mol. The molecule has 4 rings (SSSR count). The number of carbonyl (C=O) groups is 2. The fourth-order valence-corrected chi connectivity index (χ4v) is 4.49. The van der Waals surface area contributed by atoms with Crippen LogP contribution in [0.3, 0.4) is 0 Å². The highest BCUT2D eigenvalue weighted by molar-refractivity contribution is 7.13. The van der Waals surface area contributed by atoms with E-state index < -0.39 is 0 Å². The van der Waals surface area contributed by atoms with Gasteiger partial charge >= 0.3 is 0 Å². The molecule has 1 aliphatic carbocycles. The minimum Gasteiger partial charge on any atom is -0.486 e. The van der Waals surface area contributed by atoms with Crippen LogP contribution in [0.2, 0.25) is 5.02 Å². The number of ether oxygens (including phenoxy) is 1. The van der Waals surface area contributed by atoms with Gasteiger partial charge in [-0.3, -0.25) is 9.59 Å². The summed E-state index contributed by atoms with van der Waals surface area (Å²) < 4.78 is 5.72. The minimum absolute atomic E-state index is 0.0929. The number of piperidine rings is 1. The first-order valence-corrected chi connectivity index (χ1v) is 11.1. The lowest BCUT2D eigenvalue weighted by atomic mass is 10.0. The Morgan fingerprint density at radius 1 is 1.21 bits per heavy atom. The average molecular weight is 434 g/mol. The molecule has 29 heavy (non-hydrogen) atoms. The van der Waals surface area contributed by atoms with Gasteiger partial charge in [-0.25, -0.2) is 4.98 Å². The van der Waals surface area contributed by atoms with Gasteiger partial charge in [-0.2, -0.15) is 0 Å². The van der Waals surface area contributed by atoms with Crippen LogP contribution in [-0.4, -0.2) is 40.8 Å². The van der Waals surface area contributed by atoms with Crippen LogP contribution in [0.4, 0.5) is 0 Å². The summed E-state index contributed by atoms with van der Waals surface area (Å²) in [5, 5.41) is 4.53. The number of rotatable bonds is 6. The van der Waals surface area contributed by atoms with Gasteiger partial charge < -0.3 is 15.0 Å². The molecule has 1 aromatic heterocycles. The first kappa shape index (κ1) is 20.2. The molecule has 1 saturated heterocycles. The number of aryl methyl sites for hydroxylation is 1. The molecule has 1 saturated carbocycles. The van der Waals surface area contributed by atoms with Gasteiger partial charge in [0.15, 0.2) is 0 Å². The van der Waals surface area contributed by atoms with Crippen molar-refractivity contribution in [3.8, 4) is 5.75 Å². The molecule has 2 heterocycles. The number of hydrogen-bond donors (Lipinski definition) is 1. The Bertz CT molecular complexity index is 887. The number of hydrogen-bond acceptors (Lipinski definition) is 5. The Labute approximate surface area is 179 Å². The standard InChI is InChI=1S/C21H24ClN3O3S/c1-13-19(29-18(23-13)12-28-17-6-4-15(22)5-7-17)20(26)24-16-8-10-25(11-9-16)21(27)14-2-3-14/h4-7,14,16H,2-3,8-12H2,1H3,(H,24,26). The number of nitrogens with zero attached hydrogens (tertiary/aromatic N) is 2. The van der Waals surface area contributed by atoms with Gasteiger partial charge in [0.05, 0.1) is 5.69 Å². The fourth-order valence-electron chi connectivity index (χ4n) is 3.48. The molecule has 0 bridgehead atoms. The maximum Gasteiger partial charge on any atom is 0.263 e. The summed E-state index contributed by atoms with van der Waals surface area (Å²) in [7, 11) is 0. The van der Waals surface area contributed by atoms with Crippen molar-refractivity contribution in [1.82, 2.24) is 15.2 Å². The molecule has 0 radical (unpaired) electrons. The van der Waals surface area contributed by atoms with Crippen LogP contribution >= 0.6 is 22.9 Å². The topological polar surface area (TPSA) is 71.5 Å². The monoisotopic (exact) mass is 433 g/mol. The van der Waals surface area contributed by atoms with E-state index in [0.717, 1.165) is 43.8 Å². The highest BCUT2D eigenvalue weighted by Crippen LogP contribution is 2.32. The van der Waals surface area contributed by atoms with Gasteiger partial charge in [0.25, 0.3) is 5.91 Å². The normalized spacial score (nSPS) is 17.2. The van der Waals surface area contributed by atoms with E-state index >= 15 is 0 Å². The number of likely N-dealkylation sites (tertiary alicyclic amines) is 1. The summed E-state index contributed by atoms with van der Waals surface area (Å²) >= 11 is 7.24. The Morgan fingerprint density at radius 2 is 1.90 bits per heavy atom. The van der Waals surface area contributed by atoms with Crippen LogP contribution in [0.15, 0.2) is 24.3 Å². The number of aromatic nitrogens is 1. The van der Waals surface area contributed by atoms with Crippen molar-refractivity contribution in [3.05, 3.63) is 44.9 Å². The molecule has 1 aliphatic heterocycles. The van der Waals surface area contributed by atoms with Crippen LogP contribution < -0.4 is 10.1 Å². The molecule has 2 fully saturated rings. The third kappa shape index (κ3) is 5.08. The second-order valence-electron chi connectivity index (χ2n) is 7.61. The Kier molecular flexibility index (Phi) is 6.06. The number of amides is 2. The van der Waals surface area contributed by atoms with Crippen LogP contribution in [-0.2, 0) is 11.4 Å². The third-order valence-corrected chi connectivity index (χ3v) is 6.67. The zero-order chi connectivity index (χ0) is 20.4. The van der Waals surface area contributed by atoms with E-state index in [1.54, 1.807) is 24.3 Å². The molecule has 2 aliphatic rings. The van der Waals surface area contributed by atoms with E-state index in [4.69, 9.17) is 16.3 Å². The first-order valence-electron chi connectivity index (χ1n) is 9.94. The molecule has 6 nitrogen and oxygen atoms in total. The summed E-state index contributed by atoms with van der Waals surface area (Å²) in [5.74, 6) is 1.17. The molecule has 2 aromatic rings. The number of nitrogens with one attached hydrogen (secondary N) is 1. The van der Waals surface area contributed by atoms with E-state index in [-0.39, 0.29) is 17.9 Å².